The van der Waals surface area contributed by atoms with Gasteiger partial charge < -0.3 is 9.47 Å². The monoisotopic (exact) mass is 337 g/mol. The van der Waals surface area contributed by atoms with Crippen LogP contribution < -0.4 is 0 Å². The molecule has 5 nitrogen and oxygen atoms in total. The highest BCUT2D eigenvalue weighted by Crippen LogP contribution is 2.40. The molecule has 0 spiro atoms. The number of carbonyl (C=O) groups excluding carboxylic acids is 2. The minimum absolute atomic E-state index is 0.0733. The van der Waals surface area contributed by atoms with Crippen LogP contribution in [0.4, 0.5) is 0 Å². The minimum atomic E-state index is -0.445. The van der Waals surface area contributed by atoms with Crippen molar-refractivity contribution >= 4 is 23.5 Å². The van der Waals surface area contributed by atoms with E-state index in [4.69, 9.17) is 21.1 Å². The number of carbonyl (C=O) groups is 2. The van der Waals surface area contributed by atoms with E-state index in [0.717, 1.165) is 12.8 Å². The average Bonchev–Trinajstić information content (AvgIpc) is 2.78. The Balaban J connectivity index is 1.78. The normalized spacial score (nSPS) is 30.0. The molecular weight excluding hydrogens is 318 g/mol. The first-order valence-corrected chi connectivity index (χ1v) is 8.15. The Labute approximate surface area is 140 Å². The molecule has 0 aliphatic carbocycles. The number of benzene rings is 1. The van der Waals surface area contributed by atoms with E-state index in [9.17, 15) is 9.59 Å². The molecule has 0 unspecified atom stereocenters. The van der Waals surface area contributed by atoms with E-state index in [1.807, 2.05) is 7.05 Å². The van der Waals surface area contributed by atoms with E-state index in [-0.39, 0.29) is 12.0 Å². The lowest BCUT2D eigenvalue weighted by Crippen LogP contribution is -2.53. The SMILES string of the molecule is COC(=O)[C@H]1[C@@H](OC(=O)c2ccc(Cl)cc2)C[C@@H]2CC[C@H]1N2C. The van der Waals surface area contributed by atoms with Crippen LogP contribution in [0.5, 0.6) is 0 Å². The number of piperidine rings is 1. The predicted octanol–water partition coefficient (Wildman–Crippen LogP) is 2.52. The molecule has 2 aliphatic heterocycles. The van der Waals surface area contributed by atoms with Gasteiger partial charge in [-0.15, -0.1) is 0 Å². The van der Waals surface area contributed by atoms with Crippen molar-refractivity contribution in [1.29, 1.82) is 0 Å². The van der Waals surface area contributed by atoms with Crippen LogP contribution in [0.25, 0.3) is 0 Å². The maximum absolute atomic E-state index is 12.4. The molecule has 2 fully saturated rings. The topological polar surface area (TPSA) is 55.8 Å². The van der Waals surface area contributed by atoms with Crippen LogP contribution in [0, 0.1) is 5.92 Å². The summed E-state index contributed by atoms with van der Waals surface area (Å²) in [6, 6.07) is 6.97. The number of esters is 2. The molecule has 0 radical (unpaired) electrons. The van der Waals surface area contributed by atoms with Crippen molar-refractivity contribution in [3.63, 3.8) is 0 Å². The molecule has 2 heterocycles. The van der Waals surface area contributed by atoms with Crippen LogP contribution in [0.15, 0.2) is 24.3 Å². The Morgan fingerprint density at radius 2 is 1.91 bits per heavy atom. The summed E-state index contributed by atoms with van der Waals surface area (Å²) in [5.74, 6) is -1.17. The molecule has 2 saturated heterocycles. The lowest BCUT2D eigenvalue weighted by molar-refractivity contribution is -0.156. The van der Waals surface area contributed by atoms with Gasteiger partial charge in [-0.3, -0.25) is 9.69 Å². The van der Waals surface area contributed by atoms with Crippen molar-refractivity contribution in [2.24, 2.45) is 5.92 Å². The molecule has 6 heteroatoms. The highest BCUT2D eigenvalue weighted by Gasteiger charge is 2.50. The zero-order valence-electron chi connectivity index (χ0n) is 13.2. The van der Waals surface area contributed by atoms with Crippen LogP contribution in [0.3, 0.4) is 0 Å². The Bertz CT molecular complexity index is 603. The summed E-state index contributed by atoms with van der Waals surface area (Å²) < 4.78 is 10.6. The van der Waals surface area contributed by atoms with E-state index < -0.39 is 18.0 Å². The predicted molar refractivity (Wildman–Crippen MR) is 85.4 cm³/mol. The molecule has 1 aromatic carbocycles. The van der Waals surface area contributed by atoms with Gasteiger partial charge in [-0.2, -0.15) is 0 Å². The van der Waals surface area contributed by atoms with Gasteiger partial charge in [0, 0.05) is 23.5 Å². The van der Waals surface area contributed by atoms with Crippen LogP contribution in [0.2, 0.25) is 5.02 Å². The molecule has 4 atom stereocenters. The van der Waals surface area contributed by atoms with Crippen LogP contribution in [-0.4, -0.2) is 49.2 Å². The number of hydrogen-bond acceptors (Lipinski definition) is 5. The first kappa shape index (κ1) is 16.3. The van der Waals surface area contributed by atoms with E-state index in [2.05, 4.69) is 4.90 Å². The summed E-state index contributed by atoms with van der Waals surface area (Å²) in [7, 11) is 3.40. The third-order valence-corrected chi connectivity index (χ3v) is 5.28. The number of rotatable bonds is 3. The second-order valence-corrected chi connectivity index (χ2v) is 6.64. The van der Waals surface area contributed by atoms with Crippen molar-refractivity contribution in [1.82, 2.24) is 4.90 Å². The highest BCUT2D eigenvalue weighted by molar-refractivity contribution is 6.30. The first-order valence-electron chi connectivity index (χ1n) is 7.77. The van der Waals surface area contributed by atoms with Gasteiger partial charge in [0.25, 0.3) is 0 Å². The van der Waals surface area contributed by atoms with E-state index in [1.54, 1.807) is 24.3 Å². The summed E-state index contributed by atoms with van der Waals surface area (Å²) in [6.07, 6.45) is 2.16. The molecule has 0 N–H and O–H groups in total. The molecule has 0 aromatic heterocycles. The number of halogens is 1. The summed E-state index contributed by atoms with van der Waals surface area (Å²) in [6.45, 7) is 0. The fourth-order valence-corrected chi connectivity index (χ4v) is 3.90. The van der Waals surface area contributed by atoms with Crippen molar-refractivity contribution in [3.8, 4) is 0 Å². The quantitative estimate of drug-likeness (QED) is 0.793. The van der Waals surface area contributed by atoms with Gasteiger partial charge in [-0.1, -0.05) is 11.6 Å². The van der Waals surface area contributed by atoms with Gasteiger partial charge in [0.05, 0.1) is 12.7 Å². The lowest BCUT2D eigenvalue weighted by atomic mass is 9.87. The van der Waals surface area contributed by atoms with Gasteiger partial charge in [0.1, 0.15) is 12.0 Å². The fraction of sp³-hybridized carbons (Fsp3) is 0.529. The molecule has 2 bridgehead atoms. The third-order valence-electron chi connectivity index (χ3n) is 5.03. The van der Waals surface area contributed by atoms with Crippen molar-refractivity contribution in [2.75, 3.05) is 14.2 Å². The number of hydrogen-bond donors (Lipinski definition) is 0. The number of nitrogens with zero attached hydrogens (tertiary/aromatic N) is 1. The van der Waals surface area contributed by atoms with Gasteiger partial charge in [0.2, 0.25) is 0 Å². The molecule has 3 rings (SSSR count). The average molecular weight is 338 g/mol. The highest BCUT2D eigenvalue weighted by atomic mass is 35.5. The van der Waals surface area contributed by atoms with Crippen LogP contribution in [0.1, 0.15) is 29.6 Å². The second kappa shape index (κ2) is 6.49. The molecule has 0 amide bonds. The Morgan fingerprint density at radius 3 is 2.57 bits per heavy atom. The van der Waals surface area contributed by atoms with E-state index in [0.29, 0.717) is 23.0 Å². The molecule has 1 aromatic rings. The first-order chi connectivity index (χ1) is 11.0. The lowest BCUT2D eigenvalue weighted by Gasteiger charge is -2.40. The zero-order valence-corrected chi connectivity index (χ0v) is 14.0. The van der Waals surface area contributed by atoms with Gasteiger partial charge >= 0.3 is 11.9 Å². The minimum Gasteiger partial charge on any atom is -0.469 e. The van der Waals surface area contributed by atoms with E-state index in [1.165, 1.54) is 7.11 Å². The van der Waals surface area contributed by atoms with Crippen molar-refractivity contribution in [3.05, 3.63) is 34.9 Å². The van der Waals surface area contributed by atoms with Crippen LogP contribution in [-0.2, 0) is 14.3 Å². The smallest absolute Gasteiger partial charge is 0.338 e. The second-order valence-electron chi connectivity index (χ2n) is 6.20. The van der Waals surface area contributed by atoms with Gasteiger partial charge in [0.15, 0.2) is 0 Å². The van der Waals surface area contributed by atoms with Crippen LogP contribution >= 0.6 is 11.6 Å². The summed E-state index contributed by atoms with van der Waals surface area (Å²) in [4.78, 5) is 26.8. The molecule has 0 saturated carbocycles. The van der Waals surface area contributed by atoms with Crippen molar-refractivity contribution < 1.29 is 19.1 Å². The molecule has 124 valence electrons. The summed E-state index contributed by atoms with van der Waals surface area (Å²) in [5.41, 5.74) is 0.435. The van der Waals surface area contributed by atoms with Gasteiger partial charge in [-0.25, -0.2) is 4.79 Å². The Kier molecular flexibility index (Phi) is 4.60. The van der Waals surface area contributed by atoms with Crippen molar-refractivity contribution in [2.45, 2.75) is 37.5 Å². The molecule has 23 heavy (non-hydrogen) atoms. The summed E-state index contributed by atoms with van der Waals surface area (Å²) in [5, 5.41) is 0.561. The summed E-state index contributed by atoms with van der Waals surface area (Å²) >= 11 is 5.84. The Morgan fingerprint density at radius 1 is 1.22 bits per heavy atom. The third kappa shape index (κ3) is 3.08. The molecule has 2 aliphatic rings. The van der Waals surface area contributed by atoms with E-state index >= 15 is 0 Å². The number of fused-ring (bicyclic) bond motifs is 2. The van der Waals surface area contributed by atoms with Gasteiger partial charge in [-0.05, 0) is 44.2 Å². The largest absolute Gasteiger partial charge is 0.469 e. The number of ether oxygens (including phenoxy) is 2. The Hall–Kier alpha value is -1.59. The maximum atomic E-state index is 12.4. The standard InChI is InChI=1S/C17H20ClNO4/c1-19-12-7-8-13(19)15(17(21)22-2)14(9-12)23-16(20)10-3-5-11(18)6-4-10/h3-6,12-15H,7-9H2,1-2H3/t12-,13+,14-,15+/m0/s1. The zero-order chi connectivity index (χ0) is 16.6. The number of methoxy groups -OCH3 is 1. The maximum Gasteiger partial charge on any atom is 0.338 e. The molecular formula is C17H20ClNO4. The fourth-order valence-electron chi connectivity index (χ4n) is 3.78.